The van der Waals surface area contributed by atoms with Crippen LogP contribution in [0.15, 0.2) is 0 Å². The van der Waals surface area contributed by atoms with Gasteiger partial charge in [0.1, 0.15) is 0 Å². The van der Waals surface area contributed by atoms with Crippen LogP contribution in [0.2, 0.25) is 0 Å². The Morgan fingerprint density at radius 3 is 2.56 bits per heavy atom. The first-order valence-corrected chi connectivity index (χ1v) is 6.27. The Morgan fingerprint density at radius 1 is 1.38 bits per heavy atom. The van der Waals surface area contributed by atoms with Crippen LogP contribution in [0, 0.1) is 5.92 Å². The van der Waals surface area contributed by atoms with E-state index in [4.69, 9.17) is 5.11 Å². The molecule has 1 amide bonds. The van der Waals surface area contributed by atoms with Gasteiger partial charge in [-0.2, -0.15) is 0 Å². The summed E-state index contributed by atoms with van der Waals surface area (Å²) in [5.74, 6) is 0.253. The summed E-state index contributed by atoms with van der Waals surface area (Å²) in [6.07, 6.45) is 4.70. The smallest absolute Gasteiger partial charge is 0.234 e. The maximum absolute atomic E-state index is 11.6. The molecule has 1 aliphatic rings. The normalized spacial score (nSPS) is 20.7. The number of amides is 1. The van der Waals surface area contributed by atoms with Crippen LogP contribution in [-0.4, -0.2) is 36.2 Å². The van der Waals surface area contributed by atoms with Crippen molar-refractivity contribution < 1.29 is 9.90 Å². The zero-order valence-corrected chi connectivity index (χ0v) is 10.3. The number of hydrogen-bond donors (Lipinski definition) is 3. The SMILES string of the molecule is CC(CO)C(C)NCC(=O)NC1CCCC1. The van der Waals surface area contributed by atoms with Gasteiger partial charge in [-0.05, 0) is 25.7 Å². The fraction of sp³-hybridized carbons (Fsp3) is 0.917. The molecule has 1 rings (SSSR count). The third-order valence-electron chi connectivity index (χ3n) is 3.45. The second-order valence-corrected chi connectivity index (χ2v) is 4.88. The van der Waals surface area contributed by atoms with Gasteiger partial charge in [-0.3, -0.25) is 4.79 Å². The average Bonchev–Trinajstić information content (AvgIpc) is 2.77. The number of rotatable bonds is 6. The highest BCUT2D eigenvalue weighted by atomic mass is 16.3. The molecule has 0 bridgehead atoms. The molecule has 3 N–H and O–H groups in total. The molecule has 0 saturated heterocycles. The van der Waals surface area contributed by atoms with Crippen molar-refractivity contribution in [3.05, 3.63) is 0 Å². The van der Waals surface area contributed by atoms with Crippen molar-refractivity contribution in [3.63, 3.8) is 0 Å². The van der Waals surface area contributed by atoms with Gasteiger partial charge in [0.25, 0.3) is 0 Å². The first-order chi connectivity index (χ1) is 7.63. The quantitative estimate of drug-likeness (QED) is 0.625. The summed E-state index contributed by atoms with van der Waals surface area (Å²) in [6, 6.07) is 0.555. The van der Waals surface area contributed by atoms with Crippen LogP contribution in [0.1, 0.15) is 39.5 Å². The Kier molecular flexibility index (Phi) is 5.77. The molecule has 0 aromatic heterocycles. The maximum Gasteiger partial charge on any atom is 0.234 e. The van der Waals surface area contributed by atoms with Crippen LogP contribution < -0.4 is 10.6 Å². The van der Waals surface area contributed by atoms with Crippen molar-refractivity contribution in [3.8, 4) is 0 Å². The minimum Gasteiger partial charge on any atom is -0.396 e. The summed E-state index contributed by atoms with van der Waals surface area (Å²) < 4.78 is 0. The highest BCUT2D eigenvalue weighted by molar-refractivity contribution is 5.78. The van der Waals surface area contributed by atoms with Gasteiger partial charge < -0.3 is 15.7 Å². The minimum absolute atomic E-state index is 0.0730. The standard InChI is InChI=1S/C12H24N2O2/c1-9(8-15)10(2)13-7-12(16)14-11-5-3-4-6-11/h9-11,13,15H,3-8H2,1-2H3,(H,14,16). The number of hydrogen-bond acceptors (Lipinski definition) is 3. The van der Waals surface area contributed by atoms with E-state index in [2.05, 4.69) is 10.6 Å². The molecule has 1 aliphatic carbocycles. The summed E-state index contributed by atoms with van der Waals surface area (Å²) >= 11 is 0. The molecule has 4 nitrogen and oxygen atoms in total. The van der Waals surface area contributed by atoms with Crippen LogP contribution in [0.3, 0.4) is 0 Å². The topological polar surface area (TPSA) is 61.4 Å². The predicted octanol–water partition coefficient (Wildman–Crippen LogP) is 0.652. The van der Waals surface area contributed by atoms with Gasteiger partial charge in [0.2, 0.25) is 5.91 Å². The summed E-state index contributed by atoms with van der Waals surface area (Å²) in [6.45, 7) is 4.46. The van der Waals surface area contributed by atoms with Gasteiger partial charge >= 0.3 is 0 Å². The fourth-order valence-corrected chi connectivity index (χ4v) is 1.96. The second kappa shape index (κ2) is 6.86. The van der Waals surface area contributed by atoms with Crippen LogP contribution in [0.4, 0.5) is 0 Å². The van der Waals surface area contributed by atoms with Crippen molar-refractivity contribution in [1.82, 2.24) is 10.6 Å². The Labute approximate surface area is 97.8 Å². The van der Waals surface area contributed by atoms with Gasteiger partial charge in [0.15, 0.2) is 0 Å². The molecular formula is C12H24N2O2. The van der Waals surface area contributed by atoms with Crippen molar-refractivity contribution in [2.75, 3.05) is 13.2 Å². The Balaban J connectivity index is 2.14. The van der Waals surface area contributed by atoms with E-state index < -0.39 is 0 Å². The summed E-state index contributed by atoms with van der Waals surface area (Å²) in [5, 5.41) is 15.1. The lowest BCUT2D eigenvalue weighted by Gasteiger charge is -2.19. The number of carbonyl (C=O) groups excluding carboxylic acids is 1. The van der Waals surface area contributed by atoms with E-state index in [1.807, 2.05) is 13.8 Å². The Bertz CT molecular complexity index is 215. The maximum atomic E-state index is 11.6. The third kappa shape index (κ3) is 4.49. The predicted molar refractivity (Wildman–Crippen MR) is 64.1 cm³/mol. The molecule has 1 fully saturated rings. The van der Waals surface area contributed by atoms with E-state index in [9.17, 15) is 4.79 Å². The van der Waals surface area contributed by atoms with Crippen LogP contribution in [-0.2, 0) is 4.79 Å². The lowest BCUT2D eigenvalue weighted by atomic mass is 10.1. The van der Waals surface area contributed by atoms with E-state index >= 15 is 0 Å². The van der Waals surface area contributed by atoms with Crippen molar-refractivity contribution in [2.24, 2.45) is 5.92 Å². The monoisotopic (exact) mass is 228 g/mol. The summed E-state index contributed by atoms with van der Waals surface area (Å²) in [7, 11) is 0. The minimum atomic E-state index is 0.0730. The lowest BCUT2D eigenvalue weighted by Crippen LogP contribution is -2.43. The average molecular weight is 228 g/mol. The van der Waals surface area contributed by atoms with Gasteiger partial charge in [0, 0.05) is 18.7 Å². The van der Waals surface area contributed by atoms with Crippen molar-refractivity contribution >= 4 is 5.91 Å². The first kappa shape index (κ1) is 13.5. The molecule has 0 aromatic carbocycles. The van der Waals surface area contributed by atoms with Gasteiger partial charge in [0.05, 0.1) is 6.54 Å². The molecular weight excluding hydrogens is 204 g/mol. The number of carbonyl (C=O) groups is 1. The van der Waals surface area contributed by atoms with Crippen LogP contribution in [0.25, 0.3) is 0 Å². The van der Waals surface area contributed by atoms with Gasteiger partial charge in [-0.15, -0.1) is 0 Å². The van der Waals surface area contributed by atoms with Gasteiger partial charge in [-0.25, -0.2) is 0 Å². The van der Waals surface area contributed by atoms with E-state index in [1.54, 1.807) is 0 Å². The van der Waals surface area contributed by atoms with E-state index in [0.29, 0.717) is 12.6 Å². The number of nitrogens with one attached hydrogen (secondary N) is 2. The largest absolute Gasteiger partial charge is 0.396 e. The number of aliphatic hydroxyl groups is 1. The van der Waals surface area contributed by atoms with E-state index in [1.165, 1.54) is 12.8 Å². The molecule has 1 saturated carbocycles. The molecule has 0 spiro atoms. The highest BCUT2D eigenvalue weighted by Gasteiger charge is 2.17. The highest BCUT2D eigenvalue weighted by Crippen LogP contribution is 2.17. The molecule has 0 aromatic rings. The molecule has 16 heavy (non-hydrogen) atoms. The molecule has 0 heterocycles. The zero-order valence-electron chi connectivity index (χ0n) is 10.3. The third-order valence-corrected chi connectivity index (χ3v) is 3.45. The van der Waals surface area contributed by atoms with E-state index in [-0.39, 0.29) is 24.5 Å². The van der Waals surface area contributed by atoms with Crippen molar-refractivity contribution in [1.29, 1.82) is 0 Å². The Hall–Kier alpha value is -0.610. The Morgan fingerprint density at radius 2 is 2.00 bits per heavy atom. The van der Waals surface area contributed by atoms with E-state index in [0.717, 1.165) is 12.8 Å². The molecule has 2 unspecified atom stereocenters. The molecule has 0 aliphatic heterocycles. The second-order valence-electron chi connectivity index (χ2n) is 4.88. The molecule has 0 radical (unpaired) electrons. The molecule has 4 heteroatoms. The van der Waals surface area contributed by atoms with Crippen molar-refractivity contribution in [2.45, 2.75) is 51.6 Å². The fourth-order valence-electron chi connectivity index (χ4n) is 1.96. The number of aliphatic hydroxyl groups excluding tert-OH is 1. The zero-order chi connectivity index (χ0) is 12.0. The molecule has 94 valence electrons. The van der Waals surface area contributed by atoms with Crippen LogP contribution >= 0.6 is 0 Å². The summed E-state index contributed by atoms with van der Waals surface area (Å²) in [5.41, 5.74) is 0. The lowest BCUT2D eigenvalue weighted by molar-refractivity contribution is -0.121. The van der Waals surface area contributed by atoms with Gasteiger partial charge in [-0.1, -0.05) is 19.8 Å². The first-order valence-electron chi connectivity index (χ1n) is 6.27. The summed E-state index contributed by atoms with van der Waals surface area (Å²) in [4.78, 5) is 11.6. The van der Waals surface area contributed by atoms with Crippen LogP contribution in [0.5, 0.6) is 0 Å². The molecule has 2 atom stereocenters.